The van der Waals surface area contributed by atoms with Crippen LogP contribution in [0, 0.1) is 0 Å². The predicted molar refractivity (Wildman–Crippen MR) is 95.3 cm³/mol. The van der Waals surface area contributed by atoms with Crippen molar-refractivity contribution in [1.82, 2.24) is 15.2 Å². The van der Waals surface area contributed by atoms with Crippen LogP contribution in [0.5, 0.6) is 5.75 Å². The van der Waals surface area contributed by atoms with E-state index in [-0.39, 0.29) is 18.8 Å². The number of aromatic amines is 1. The van der Waals surface area contributed by atoms with Crippen LogP contribution in [-0.2, 0) is 0 Å². The van der Waals surface area contributed by atoms with E-state index in [9.17, 15) is 5.11 Å². The molecule has 6 nitrogen and oxygen atoms in total. The number of rotatable bonds is 6. The summed E-state index contributed by atoms with van der Waals surface area (Å²) < 4.78 is 5.78. The molecule has 24 heavy (non-hydrogen) atoms. The third-order valence-electron chi connectivity index (χ3n) is 3.61. The van der Waals surface area contributed by atoms with Gasteiger partial charge in [0.05, 0.1) is 18.2 Å². The highest BCUT2D eigenvalue weighted by Gasteiger charge is 2.11. The van der Waals surface area contributed by atoms with Gasteiger partial charge in [-0.15, -0.1) is 0 Å². The van der Waals surface area contributed by atoms with Gasteiger partial charge in [0.2, 0.25) is 0 Å². The first-order chi connectivity index (χ1) is 11.6. The molecule has 126 valence electrons. The lowest BCUT2D eigenvalue weighted by atomic mass is 10.1. The van der Waals surface area contributed by atoms with Gasteiger partial charge in [-0.05, 0) is 51.1 Å². The van der Waals surface area contributed by atoms with Gasteiger partial charge in [0, 0.05) is 23.2 Å². The number of fused-ring (bicyclic) bond motifs is 1. The molecule has 0 bridgehead atoms. The van der Waals surface area contributed by atoms with Crippen LogP contribution in [-0.4, -0.2) is 39.0 Å². The van der Waals surface area contributed by atoms with E-state index in [1.54, 1.807) is 6.20 Å². The molecule has 0 radical (unpaired) electrons. The molecule has 0 aliphatic heterocycles. The van der Waals surface area contributed by atoms with E-state index >= 15 is 0 Å². The van der Waals surface area contributed by atoms with Gasteiger partial charge in [-0.2, -0.15) is 5.10 Å². The van der Waals surface area contributed by atoms with Crippen molar-refractivity contribution >= 4 is 16.7 Å². The van der Waals surface area contributed by atoms with Crippen LogP contribution in [0.1, 0.15) is 20.8 Å². The molecule has 0 saturated heterocycles. The number of nitrogens with one attached hydrogen (secondary N) is 2. The van der Waals surface area contributed by atoms with E-state index in [1.807, 2.05) is 51.1 Å². The van der Waals surface area contributed by atoms with Crippen LogP contribution in [0.3, 0.4) is 0 Å². The molecule has 2 heterocycles. The number of pyridine rings is 1. The van der Waals surface area contributed by atoms with Crippen LogP contribution in [0.2, 0.25) is 0 Å². The van der Waals surface area contributed by atoms with Crippen molar-refractivity contribution in [3.05, 3.63) is 36.5 Å². The second kappa shape index (κ2) is 6.88. The lowest BCUT2D eigenvalue weighted by Gasteiger charge is -2.12. The monoisotopic (exact) mass is 326 g/mol. The first-order valence-electron chi connectivity index (χ1n) is 8.05. The number of benzene rings is 1. The minimum atomic E-state index is -0.0604. The van der Waals surface area contributed by atoms with Crippen molar-refractivity contribution in [2.24, 2.45) is 0 Å². The molecule has 0 spiro atoms. The van der Waals surface area contributed by atoms with Gasteiger partial charge < -0.3 is 15.2 Å². The molecule has 0 aliphatic rings. The van der Waals surface area contributed by atoms with E-state index in [2.05, 4.69) is 20.5 Å². The Bertz CT molecular complexity index is 829. The zero-order valence-corrected chi connectivity index (χ0v) is 14.1. The maximum atomic E-state index is 9.17. The number of aliphatic hydroxyl groups is 1. The molecule has 0 fully saturated rings. The largest absolute Gasteiger partial charge is 0.491 e. The van der Waals surface area contributed by atoms with Crippen LogP contribution >= 0.6 is 0 Å². The molecule has 6 heteroatoms. The maximum absolute atomic E-state index is 9.17. The van der Waals surface area contributed by atoms with Gasteiger partial charge in [-0.3, -0.25) is 5.10 Å². The first-order valence-corrected chi connectivity index (χ1v) is 8.05. The lowest BCUT2D eigenvalue weighted by molar-refractivity contribution is 0.243. The molecule has 1 aromatic carbocycles. The summed E-state index contributed by atoms with van der Waals surface area (Å²) in [6.07, 6.45) is 1.85. The Morgan fingerprint density at radius 2 is 2.04 bits per heavy atom. The summed E-state index contributed by atoms with van der Waals surface area (Å²) in [5, 5.41) is 20.8. The van der Waals surface area contributed by atoms with E-state index in [1.165, 1.54) is 0 Å². The molecule has 0 saturated carbocycles. The van der Waals surface area contributed by atoms with Crippen LogP contribution in [0.4, 0.5) is 5.82 Å². The molecular weight excluding hydrogens is 304 g/mol. The van der Waals surface area contributed by atoms with Crippen molar-refractivity contribution in [2.75, 3.05) is 11.9 Å². The van der Waals surface area contributed by atoms with Gasteiger partial charge in [0.25, 0.3) is 0 Å². The van der Waals surface area contributed by atoms with Crippen molar-refractivity contribution < 1.29 is 9.84 Å². The van der Waals surface area contributed by atoms with Gasteiger partial charge in [-0.25, -0.2) is 4.98 Å². The number of aliphatic hydroxyl groups excluding tert-OH is 1. The van der Waals surface area contributed by atoms with Crippen molar-refractivity contribution in [3.63, 3.8) is 0 Å². The topological polar surface area (TPSA) is 83.1 Å². The average molecular weight is 326 g/mol. The Kier molecular flexibility index (Phi) is 4.66. The standard InChI is InChI=1S/C18H22N4O2/c1-11(2)24-14-4-5-16-15(9-14)18(22-21-16)13-6-7-19-17(8-13)20-12(3)10-23/h4-9,11-12,23H,10H2,1-3H3,(H,19,20)(H,21,22). The maximum Gasteiger partial charge on any atom is 0.126 e. The molecule has 3 aromatic rings. The summed E-state index contributed by atoms with van der Waals surface area (Å²) in [6, 6.07) is 9.69. The molecule has 2 aromatic heterocycles. The van der Waals surface area contributed by atoms with Crippen molar-refractivity contribution in [2.45, 2.75) is 32.9 Å². The number of anilines is 1. The van der Waals surface area contributed by atoms with Gasteiger partial charge in [0.15, 0.2) is 0 Å². The quantitative estimate of drug-likeness (QED) is 0.648. The zero-order valence-electron chi connectivity index (χ0n) is 14.1. The Hall–Kier alpha value is -2.60. The van der Waals surface area contributed by atoms with Crippen LogP contribution in [0.15, 0.2) is 36.5 Å². The number of aromatic nitrogens is 3. The highest BCUT2D eigenvalue weighted by Crippen LogP contribution is 2.30. The molecule has 1 atom stereocenters. The molecule has 0 aliphatic carbocycles. The normalized spacial score (nSPS) is 12.5. The number of hydrogen-bond donors (Lipinski definition) is 3. The molecule has 3 N–H and O–H groups in total. The van der Waals surface area contributed by atoms with Crippen LogP contribution < -0.4 is 10.1 Å². The minimum Gasteiger partial charge on any atom is -0.491 e. The Labute approximate surface area is 140 Å². The van der Waals surface area contributed by atoms with Crippen LogP contribution in [0.25, 0.3) is 22.2 Å². The highest BCUT2D eigenvalue weighted by atomic mass is 16.5. The summed E-state index contributed by atoms with van der Waals surface area (Å²) in [4.78, 5) is 4.29. The summed E-state index contributed by atoms with van der Waals surface area (Å²) in [5.41, 5.74) is 2.75. The molecule has 3 rings (SSSR count). The van der Waals surface area contributed by atoms with E-state index in [0.29, 0.717) is 5.82 Å². The number of nitrogens with zero attached hydrogens (tertiary/aromatic N) is 2. The van der Waals surface area contributed by atoms with E-state index < -0.39 is 0 Å². The minimum absolute atomic E-state index is 0.0488. The Morgan fingerprint density at radius 3 is 2.79 bits per heavy atom. The van der Waals surface area contributed by atoms with E-state index in [4.69, 9.17) is 4.74 Å². The average Bonchev–Trinajstić information content (AvgIpc) is 2.97. The van der Waals surface area contributed by atoms with Crippen molar-refractivity contribution in [1.29, 1.82) is 0 Å². The predicted octanol–water partition coefficient (Wildman–Crippen LogP) is 3.20. The fourth-order valence-electron chi connectivity index (χ4n) is 2.51. The number of ether oxygens (including phenoxy) is 1. The molecular formula is C18H22N4O2. The summed E-state index contributed by atoms with van der Waals surface area (Å²) in [5.74, 6) is 1.53. The lowest BCUT2D eigenvalue weighted by Crippen LogP contribution is -2.19. The Morgan fingerprint density at radius 1 is 1.21 bits per heavy atom. The molecule has 0 amide bonds. The number of hydrogen-bond acceptors (Lipinski definition) is 5. The summed E-state index contributed by atoms with van der Waals surface area (Å²) >= 11 is 0. The van der Waals surface area contributed by atoms with Crippen molar-refractivity contribution in [3.8, 4) is 17.0 Å². The summed E-state index contributed by atoms with van der Waals surface area (Å²) in [7, 11) is 0. The van der Waals surface area contributed by atoms with Gasteiger partial charge in [0.1, 0.15) is 17.3 Å². The third-order valence-corrected chi connectivity index (χ3v) is 3.61. The summed E-state index contributed by atoms with van der Waals surface area (Å²) in [6.45, 7) is 5.95. The zero-order chi connectivity index (χ0) is 17.1. The third kappa shape index (κ3) is 3.49. The smallest absolute Gasteiger partial charge is 0.126 e. The van der Waals surface area contributed by atoms with Gasteiger partial charge >= 0.3 is 0 Å². The van der Waals surface area contributed by atoms with Gasteiger partial charge in [-0.1, -0.05) is 0 Å². The SMILES string of the molecule is CC(CO)Nc1cc(-c2n[nH]c3ccc(OC(C)C)cc23)ccn1. The second-order valence-electron chi connectivity index (χ2n) is 6.10. The molecule has 1 unspecified atom stereocenters. The number of H-pyrrole nitrogens is 1. The first kappa shape index (κ1) is 16.3. The Balaban J connectivity index is 1.98. The fourth-order valence-corrected chi connectivity index (χ4v) is 2.51. The highest BCUT2D eigenvalue weighted by molar-refractivity contribution is 5.94. The second-order valence-corrected chi connectivity index (χ2v) is 6.10. The fraction of sp³-hybridized carbons (Fsp3) is 0.333. The van der Waals surface area contributed by atoms with E-state index in [0.717, 1.165) is 27.9 Å².